The highest BCUT2D eigenvalue weighted by Crippen LogP contribution is 2.32. The molecule has 1 aromatic rings. The molecule has 1 heterocycles. The van der Waals surface area contributed by atoms with E-state index in [0.29, 0.717) is 13.2 Å². The van der Waals surface area contributed by atoms with Gasteiger partial charge in [0.15, 0.2) is 17.5 Å². The van der Waals surface area contributed by atoms with Gasteiger partial charge in [-0.25, -0.2) is 0 Å². The third-order valence-electron chi connectivity index (χ3n) is 4.57. The van der Waals surface area contributed by atoms with E-state index in [4.69, 9.17) is 14.2 Å². The van der Waals surface area contributed by atoms with E-state index in [-0.39, 0.29) is 0 Å². The molecule has 0 bridgehead atoms. The van der Waals surface area contributed by atoms with Crippen LogP contribution in [0.5, 0.6) is 11.5 Å². The lowest BCUT2D eigenvalue weighted by atomic mass is 10.3. The predicted molar refractivity (Wildman–Crippen MR) is 104 cm³/mol. The monoisotopic (exact) mass is 362 g/mol. The van der Waals surface area contributed by atoms with Crippen LogP contribution >= 0.6 is 0 Å². The Balaban J connectivity index is 1.49. The quantitative estimate of drug-likeness (QED) is 0.544. The number of nitrogens with zero attached hydrogens (tertiary/aromatic N) is 2. The van der Waals surface area contributed by atoms with E-state index in [0.717, 1.165) is 61.8 Å². The van der Waals surface area contributed by atoms with E-state index >= 15 is 0 Å². The fourth-order valence-corrected chi connectivity index (χ4v) is 3.00. The molecule has 144 valence electrons. The largest absolute Gasteiger partial charge is 0.490 e. The van der Waals surface area contributed by atoms with Gasteiger partial charge in [0.2, 0.25) is 0 Å². The summed E-state index contributed by atoms with van der Waals surface area (Å²) in [5.41, 5.74) is 0.931. The van der Waals surface area contributed by atoms with Crippen LogP contribution in [0.2, 0.25) is 0 Å². The van der Waals surface area contributed by atoms with Crippen LogP contribution < -0.4 is 20.1 Å². The van der Waals surface area contributed by atoms with Crippen molar-refractivity contribution in [3.8, 4) is 11.5 Å². The summed E-state index contributed by atoms with van der Waals surface area (Å²) < 4.78 is 16.6. The molecule has 0 atom stereocenters. The van der Waals surface area contributed by atoms with Gasteiger partial charge in [-0.2, -0.15) is 0 Å². The summed E-state index contributed by atoms with van der Waals surface area (Å²) in [4.78, 5) is 6.80. The average Bonchev–Trinajstić information content (AvgIpc) is 3.50. The molecule has 2 aliphatic rings. The van der Waals surface area contributed by atoms with Crippen molar-refractivity contribution in [2.45, 2.75) is 25.3 Å². The highest BCUT2D eigenvalue weighted by molar-refractivity contribution is 5.93. The highest BCUT2D eigenvalue weighted by Gasteiger charge is 2.28. The summed E-state index contributed by atoms with van der Waals surface area (Å²) in [6.45, 7) is 4.96. The van der Waals surface area contributed by atoms with Gasteiger partial charge in [0.05, 0.1) is 19.8 Å². The van der Waals surface area contributed by atoms with E-state index < -0.39 is 0 Å². The second kappa shape index (κ2) is 9.64. The molecule has 26 heavy (non-hydrogen) atoms. The lowest BCUT2D eigenvalue weighted by Gasteiger charge is -2.22. The van der Waals surface area contributed by atoms with Crippen LogP contribution in [0.3, 0.4) is 0 Å². The lowest BCUT2D eigenvalue weighted by molar-refractivity contribution is 0.145. The molecule has 0 amide bonds. The third-order valence-corrected chi connectivity index (χ3v) is 4.57. The Hall–Kier alpha value is -1.99. The maximum absolute atomic E-state index is 5.74. The number of fused-ring (bicyclic) bond motifs is 1. The Morgan fingerprint density at radius 1 is 1.23 bits per heavy atom. The molecule has 3 rings (SSSR count). The summed E-state index contributed by atoms with van der Waals surface area (Å²) in [6.07, 6.45) is 3.50. The van der Waals surface area contributed by atoms with Crippen LogP contribution in [0.25, 0.3) is 0 Å². The first kappa shape index (κ1) is 18.8. The Kier molecular flexibility index (Phi) is 6.96. The van der Waals surface area contributed by atoms with Gasteiger partial charge in [-0.15, -0.1) is 0 Å². The van der Waals surface area contributed by atoms with Gasteiger partial charge in [-0.1, -0.05) is 0 Å². The van der Waals surface area contributed by atoms with Crippen molar-refractivity contribution in [1.82, 2.24) is 10.2 Å². The number of ether oxygens (including phenoxy) is 3. The van der Waals surface area contributed by atoms with Gasteiger partial charge in [-0.05, 0) is 25.0 Å². The van der Waals surface area contributed by atoms with Crippen LogP contribution in [0.1, 0.15) is 19.3 Å². The number of anilines is 1. The molecular formula is C19H30N4O3. The highest BCUT2D eigenvalue weighted by atomic mass is 16.5. The minimum Gasteiger partial charge on any atom is -0.490 e. The smallest absolute Gasteiger partial charge is 0.195 e. The SMILES string of the molecule is CN=C(NCCN(CCOC)C1CC1)Nc1ccc2c(c1)OCCCO2. The molecule has 0 radical (unpaired) electrons. The van der Waals surface area contributed by atoms with Gasteiger partial charge >= 0.3 is 0 Å². The lowest BCUT2D eigenvalue weighted by Crippen LogP contribution is -2.40. The van der Waals surface area contributed by atoms with E-state index in [1.165, 1.54) is 12.8 Å². The molecule has 1 aliphatic carbocycles. The van der Waals surface area contributed by atoms with E-state index in [1.54, 1.807) is 14.2 Å². The van der Waals surface area contributed by atoms with Gasteiger partial charge in [0.1, 0.15) is 0 Å². The number of aliphatic imine (C=N–C) groups is 1. The van der Waals surface area contributed by atoms with Gasteiger partial charge < -0.3 is 24.8 Å². The topological polar surface area (TPSA) is 67.4 Å². The van der Waals surface area contributed by atoms with Gasteiger partial charge in [-0.3, -0.25) is 9.89 Å². The van der Waals surface area contributed by atoms with E-state index in [9.17, 15) is 0 Å². The van der Waals surface area contributed by atoms with Crippen LogP contribution in [0.15, 0.2) is 23.2 Å². The zero-order valence-corrected chi connectivity index (χ0v) is 15.8. The summed E-state index contributed by atoms with van der Waals surface area (Å²) in [5, 5.41) is 6.71. The number of hydrogen-bond acceptors (Lipinski definition) is 5. The Labute approximate surface area is 155 Å². The standard InChI is InChI=1S/C19H30N4O3/c1-20-19(21-8-9-23(10-13-24-2)16-5-6-16)22-15-4-7-17-18(14-15)26-12-3-11-25-17/h4,7,14,16H,3,5-6,8-13H2,1-2H3,(H2,20,21,22). The predicted octanol–water partition coefficient (Wildman–Crippen LogP) is 1.95. The van der Waals surface area contributed by atoms with E-state index in [2.05, 4.69) is 20.5 Å². The Morgan fingerprint density at radius 2 is 2.04 bits per heavy atom. The summed E-state index contributed by atoms with van der Waals surface area (Å²) in [6, 6.07) is 6.61. The zero-order chi connectivity index (χ0) is 18.2. The van der Waals surface area contributed by atoms with Gasteiger partial charge in [0.25, 0.3) is 0 Å². The minimum absolute atomic E-state index is 0.682. The third kappa shape index (κ3) is 5.51. The maximum Gasteiger partial charge on any atom is 0.195 e. The van der Waals surface area contributed by atoms with Crippen molar-refractivity contribution in [1.29, 1.82) is 0 Å². The normalized spacial score (nSPS) is 17.1. The molecule has 0 aromatic heterocycles. The van der Waals surface area contributed by atoms with Crippen LogP contribution in [0, 0.1) is 0 Å². The van der Waals surface area contributed by atoms with Crippen LogP contribution in [-0.4, -0.2) is 70.5 Å². The van der Waals surface area contributed by atoms with Crippen molar-refractivity contribution in [2.24, 2.45) is 4.99 Å². The Morgan fingerprint density at radius 3 is 2.77 bits per heavy atom. The van der Waals surface area contributed by atoms with Crippen molar-refractivity contribution < 1.29 is 14.2 Å². The number of nitrogens with one attached hydrogen (secondary N) is 2. The molecular weight excluding hydrogens is 332 g/mol. The minimum atomic E-state index is 0.682. The van der Waals surface area contributed by atoms with Crippen LogP contribution in [0.4, 0.5) is 5.69 Å². The molecule has 2 N–H and O–H groups in total. The van der Waals surface area contributed by atoms with Crippen molar-refractivity contribution in [3.63, 3.8) is 0 Å². The summed E-state index contributed by atoms with van der Waals surface area (Å²) in [5.74, 6) is 2.33. The molecule has 1 aliphatic heterocycles. The second-order valence-corrected chi connectivity index (χ2v) is 6.60. The molecule has 7 nitrogen and oxygen atoms in total. The van der Waals surface area contributed by atoms with E-state index in [1.807, 2.05) is 18.2 Å². The second-order valence-electron chi connectivity index (χ2n) is 6.60. The molecule has 0 saturated heterocycles. The number of methoxy groups -OCH3 is 1. The maximum atomic E-state index is 5.74. The first-order valence-electron chi connectivity index (χ1n) is 9.40. The number of guanidine groups is 1. The zero-order valence-electron chi connectivity index (χ0n) is 15.8. The molecule has 1 fully saturated rings. The number of rotatable bonds is 8. The molecule has 0 spiro atoms. The summed E-state index contributed by atoms with van der Waals surface area (Å²) in [7, 11) is 3.53. The molecule has 1 saturated carbocycles. The number of benzene rings is 1. The van der Waals surface area contributed by atoms with Crippen molar-refractivity contribution in [3.05, 3.63) is 18.2 Å². The first-order valence-corrected chi connectivity index (χ1v) is 9.40. The number of hydrogen-bond donors (Lipinski definition) is 2. The van der Waals surface area contributed by atoms with Crippen molar-refractivity contribution in [2.75, 3.05) is 58.9 Å². The molecule has 7 heteroatoms. The molecule has 0 unspecified atom stereocenters. The summed E-state index contributed by atoms with van der Waals surface area (Å²) >= 11 is 0. The first-order chi connectivity index (χ1) is 12.8. The van der Waals surface area contributed by atoms with Crippen LogP contribution in [-0.2, 0) is 4.74 Å². The Bertz CT molecular complexity index is 604. The van der Waals surface area contributed by atoms with Crippen molar-refractivity contribution >= 4 is 11.6 Å². The molecule has 1 aromatic carbocycles. The fraction of sp³-hybridized carbons (Fsp3) is 0.632. The average molecular weight is 362 g/mol. The fourth-order valence-electron chi connectivity index (χ4n) is 3.00. The van der Waals surface area contributed by atoms with Gasteiger partial charge in [0, 0.05) is 58.0 Å².